The minimum atomic E-state index is -0.594. The van der Waals surface area contributed by atoms with Crippen LogP contribution in [0.1, 0.15) is 37.6 Å². The molecule has 0 heterocycles. The van der Waals surface area contributed by atoms with Crippen LogP contribution in [0.15, 0.2) is 48.5 Å². The lowest BCUT2D eigenvalue weighted by atomic mass is 10.2. The number of nitrogens with two attached hydrogens (primary N) is 1. The number of nitrogen functional groups attached to an aromatic ring is 1. The molecule has 5 N–H and O–H groups in total. The molecule has 0 saturated carbocycles. The maximum Gasteiger partial charge on any atom is 0.407 e. The van der Waals surface area contributed by atoms with Crippen molar-refractivity contribution in [2.75, 3.05) is 22.9 Å². The summed E-state index contributed by atoms with van der Waals surface area (Å²) in [5, 5.41) is 8.02. The van der Waals surface area contributed by atoms with Crippen LogP contribution in [0.2, 0.25) is 0 Å². The normalized spacial score (nSPS) is 10.7. The summed E-state index contributed by atoms with van der Waals surface area (Å²) in [6, 6.07) is 13.4. The number of benzene rings is 2. The first-order valence-corrected chi connectivity index (χ1v) is 9.16. The first-order valence-electron chi connectivity index (χ1n) is 9.16. The lowest BCUT2D eigenvalue weighted by molar-refractivity contribution is -0.116. The van der Waals surface area contributed by atoms with Gasteiger partial charge in [0, 0.05) is 35.6 Å². The Kier molecular flexibility index (Phi) is 7.19. The highest BCUT2D eigenvalue weighted by Gasteiger charge is 2.16. The summed E-state index contributed by atoms with van der Waals surface area (Å²) in [6.45, 7) is 5.43. The van der Waals surface area contributed by atoms with Crippen LogP contribution in [0.3, 0.4) is 0 Å². The van der Waals surface area contributed by atoms with Crippen LogP contribution in [-0.4, -0.2) is 30.1 Å². The predicted molar refractivity (Wildman–Crippen MR) is 113 cm³/mol. The molecule has 2 rings (SSSR count). The third kappa shape index (κ3) is 7.92. The molecule has 0 fully saturated rings. The summed E-state index contributed by atoms with van der Waals surface area (Å²) in [4.78, 5) is 35.9. The highest BCUT2D eigenvalue weighted by atomic mass is 16.6. The zero-order chi connectivity index (χ0) is 21.4. The fourth-order valence-electron chi connectivity index (χ4n) is 2.33. The van der Waals surface area contributed by atoms with E-state index < -0.39 is 11.7 Å². The molecular formula is C21H26N4O4. The SMILES string of the molecule is CC(C)(C)OC(=O)NCCC(=O)Nc1cccc(NC(=O)c2ccc(N)cc2)c1. The number of anilines is 3. The molecule has 29 heavy (non-hydrogen) atoms. The van der Waals surface area contributed by atoms with Crippen LogP contribution in [0, 0.1) is 0 Å². The van der Waals surface area contributed by atoms with Crippen LogP contribution < -0.4 is 21.7 Å². The number of rotatable bonds is 6. The highest BCUT2D eigenvalue weighted by molar-refractivity contribution is 6.04. The van der Waals surface area contributed by atoms with Gasteiger partial charge in [0.1, 0.15) is 5.60 Å². The average Bonchev–Trinajstić information content (AvgIpc) is 2.61. The predicted octanol–water partition coefficient (Wildman–Crippen LogP) is 3.37. The van der Waals surface area contributed by atoms with Gasteiger partial charge in [-0.05, 0) is 63.2 Å². The molecule has 0 saturated heterocycles. The van der Waals surface area contributed by atoms with Gasteiger partial charge in [-0.3, -0.25) is 9.59 Å². The highest BCUT2D eigenvalue weighted by Crippen LogP contribution is 2.17. The summed E-state index contributed by atoms with van der Waals surface area (Å²) >= 11 is 0. The number of carbonyl (C=O) groups is 3. The number of carbonyl (C=O) groups excluding carboxylic acids is 3. The first-order chi connectivity index (χ1) is 13.6. The van der Waals surface area contributed by atoms with Gasteiger partial charge in [0.25, 0.3) is 5.91 Å². The lowest BCUT2D eigenvalue weighted by Crippen LogP contribution is -2.34. The van der Waals surface area contributed by atoms with E-state index in [4.69, 9.17) is 10.5 Å². The lowest BCUT2D eigenvalue weighted by Gasteiger charge is -2.19. The molecule has 0 aliphatic heterocycles. The van der Waals surface area contributed by atoms with Gasteiger partial charge in [0.05, 0.1) is 0 Å². The van der Waals surface area contributed by atoms with E-state index in [2.05, 4.69) is 16.0 Å². The fraction of sp³-hybridized carbons (Fsp3) is 0.286. The molecule has 0 spiro atoms. The van der Waals surface area contributed by atoms with E-state index in [-0.39, 0.29) is 24.8 Å². The molecule has 8 heteroatoms. The maximum absolute atomic E-state index is 12.3. The van der Waals surface area contributed by atoms with E-state index in [1.165, 1.54) is 0 Å². The third-order valence-electron chi connectivity index (χ3n) is 3.60. The van der Waals surface area contributed by atoms with Gasteiger partial charge in [-0.25, -0.2) is 4.79 Å². The van der Waals surface area contributed by atoms with E-state index in [0.717, 1.165) is 0 Å². The van der Waals surface area contributed by atoms with E-state index in [1.54, 1.807) is 69.3 Å². The Morgan fingerprint density at radius 2 is 1.59 bits per heavy atom. The van der Waals surface area contributed by atoms with E-state index in [1.807, 2.05) is 0 Å². The largest absolute Gasteiger partial charge is 0.444 e. The van der Waals surface area contributed by atoms with Crippen molar-refractivity contribution in [1.82, 2.24) is 5.32 Å². The van der Waals surface area contributed by atoms with Crippen LogP contribution >= 0.6 is 0 Å². The number of alkyl carbamates (subject to hydrolysis) is 1. The zero-order valence-corrected chi connectivity index (χ0v) is 16.7. The fourth-order valence-corrected chi connectivity index (χ4v) is 2.33. The minimum Gasteiger partial charge on any atom is -0.444 e. The molecule has 2 aromatic rings. The number of nitrogens with one attached hydrogen (secondary N) is 3. The Hall–Kier alpha value is -3.55. The molecule has 0 unspecified atom stereocenters. The Morgan fingerprint density at radius 3 is 2.21 bits per heavy atom. The molecule has 0 atom stereocenters. The van der Waals surface area contributed by atoms with Gasteiger partial charge in [-0.2, -0.15) is 0 Å². The molecule has 8 nitrogen and oxygen atoms in total. The summed E-state index contributed by atoms with van der Waals surface area (Å²) in [6.07, 6.45) is -0.487. The molecule has 2 aromatic carbocycles. The number of ether oxygens (including phenoxy) is 1. The molecule has 154 valence electrons. The molecule has 0 bridgehead atoms. The van der Waals surface area contributed by atoms with Crippen LogP contribution in [0.5, 0.6) is 0 Å². The third-order valence-corrected chi connectivity index (χ3v) is 3.60. The second-order valence-electron chi connectivity index (χ2n) is 7.38. The van der Waals surface area contributed by atoms with Crippen molar-refractivity contribution in [1.29, 1.82) is 0 Å². The second kappa shape index (κ2) is 9.59. The summed E-state index contributed by atoms with van der Waals surface area (Å²) < 4.78 is 5.10. The van der Waals surface area contributed by atoms with Gasteiger partial charge in [-0.1, -0.05) is 6.07 Å². The van der Waals surface area contributed by atoms with E-state index in [0.29, 0.717) is 22.6 Å². The monoisotopic (exact) mass is 398 g/mol. The average molecular weight is 398 g/mol. The Morgan fingerprint density at radius 1 is 0.966 bits per heavy atom. The van der Waals surface area contributed by atoms with Crippen molar-refractivity contribution in [3.8, 4) is 0 Å². The van der Waals surface area contributed by atoms with Crippen molar-refractivity contribution in [3.05, 3.63) is 54.1 Å². The van der Waals surface area contributed by atoms with E-state index >= 15 is 0 Å². The minimum absolute atomic E-state index is 0.0846. The molecular weight excluding hydrogens is 372 g/mol. The Bertz CT molecular complexity index is 873. The van der Waals surface area contributed by atoms with Crippen molar-refractivity contribution < 1.29 is 19.1 Å². The van der Waals surface area contributed by atoms with Gasteiger partial charge < -0.3 is 26.4 Å². The van der Waals surface area contributed by atoms with Crippen LogP contribution in [-0.2, 0) is 9.53 Å². The zero-order valence-electron chi connectivity index (χ0n) is 16.7. The maximum atomic E-state index is 12.3. The van der Waals surface area contributed by atoms with Crippen LogP contribution in [0.25, 0.3) is 0 Å². The van der Waals surface area contributed by atoms with Crippen molar-refractivity contribution in [2.24, 2.45) is 0 Å². The molecule has 0 radical (unpaired) electrons. The standard InChI is InChI=1S/C21H26N4O4/c1-21(2,3)29-20(28)23-12-11-18(26)24-16-5-4-6-17(13-16)25-19(27)14-7-9-15(22)10-8-14/h4-10,13H,11-12,22H2,1-3H3,(H,23,28)(H,24,26)(H,25,27). The summed E-state index contributed by atoms with van der Waals surface area (Å²) in [5.74, 6) is -0.557. The second-order valence-corrected chi connectivity index (χ2v) is 7.38. The summed E-state index contributed by atoms with van der Waals surface area (Å²) in [5.41, 5.74) is 7.15. The van der Waals surface area contributed by atoms with Crippen molar-refractivity contribution >= 4 is 35.0 Å². The number of amides is 3. The molecule has 0 aliphatic rings. The number of hydrogen-bond acceptors (Lipinski definition) is 5. The quantitative estimate of drug-likeness (QED) is 0.556. The van der Waals surface area contributed by atoms with Crippen molar-refractivity contribution in [3.63, 3.8) is 0 Å². The summed E-state index contributed by atoms with van der Waals surface area (Å²) in [7, 11) is 0. The van der Waals surface area contributed by atoms with Gasteiger partial charge in [-0.15, -0.1) is 0 Å². The smallest absolute Gasteiger partial charge is 0.407 e. The Labute approximate surface area is 169 Å². The van der Waals surface area contributed by atoms with E-state index in [9.17, 15) is 14.4 Å². The molecule has 0 aliphatic carbocycles. The van der Waals surface area contributed by atoms with Crippen molar-refractivity contribution in [2.45, 2.75) is 32.8 Å². The van der Waals surface area contributed by atoms with Gasteiger partial charge in [0.2, 0.25) is 5.91 Å². The first kappa shape index (κ1) is 21.7. The van der Waals surface area contributed by atoms with Crippen LogP contribution in [0.4, 0.5) is 21.9 Å². The molecule has 0 aromatic heterocycles. The topological polar surface area (TPSA) is 123 Å². The molecule has 3 amide bonds. The van der Waals surface area contributed by atoms with Gasteiger partial charge in [0.15, 0.2) is 0 Å². The number of hydrogen-bond donors (Lipinski definition) is 4. The Balaban J connectivity index is 1.84. The van der Waals surface area contributed by atoms with Gasteiger partial charge >= 0.3 is 6.09 Å².